The Morgan fingerprint density at radius 3 is 2.27 bits per heavy atom. The zero-order valence-electron chi connectivity index (χ0n) is 19.9. The zero-order valence-corrected chi connectivity index (χ0v) is 19.9. The second-order valence-corrected chi connectivity index (χ2v) is 9.30. The van der Waals surface area contributed by atoms with Gasteiger partial charge in [0.1, 0.15) is 5.69 Å². The second kappa shape index (κ2) is 9.95. The fourth-order valence-corrected chi connectivity index (χ4v) is 5.04. The van der Waals surface area contributed by atoms with Gasteiger partial charge in [-0.05, 0) is 38.8 Å². The van der Waals surface area contributed by atoms with Gasteiger partial charge in [0.05, 0.1) is 17.4 Å². The summed E-state index contributed by atoms with van der Waals surface area (Å²) in [7, 11) is 1.81. The summed E-state index contributed by atoms with van der Waals surface area (Å²) >= 11 is 0. The van der Waals surface area contributed by atoms with Crippen molar-refractivity contribution in [1.29, 1.82) is 0 Å². The molecule has 1 saturated carbocycles. The van der Waals surface area contributed by atoms with E-state index in [0.29, 0.717) is 37.6 Å². The van der Waals surface area contributed by atoms with Crippen molar-refractivity contribution in [2.45, 2.75) is 52.0 Å². The summed E-state index contributed by atoms with van der Waals surface area (Å²) in [6.45, 7) is 6.32. The number of carbonyl (C=O) groups excluding carboxylic acids is 2. The van der Waals surface area contributed by atoms with Gasteiger partial charge in [0.25, 0.3) is 5.56 Å². The lowest BCUT2D eigenvalue weighted by atomic mass is 9.88. The molecule has 2 amide bonds. The number of anilines is 1. The molecule has 0 bridgehead atoms. The topological polar surface area (TPSA) is 79.6 Å². The van der Waals surface area contributed by atoms with Crippen LogP contribution in [0.2, 0.25) is 0 Å². The highest BCUT2D eigenvalue weighted by Gasteiger charge is 2.31. The Kier molecular flexibility index (Phi) is 7.02. The fraction of sp³-hybridized carbons (Fsp3) is 0.560. The third-order valence-electron chi connectivity index (χ3n) is 7.31. The van der Waals surface area contributed by atoms with E-state index in [1.807, 2.05) is 56.1 Å². The number of benzene rings is 1. The first-order valence-corrected chi connectivity index (χ1v) is 12.1. The molecule has 1 aliphatic carbocycles. The predicted octanol–water partition coefficient (Wildman–Crippen LogP) is 2.54. The molecule has 1 unspecified atom stereocenters. The van der Waals surface area contributed by atoms with Crippen LogP contribution in [-0.2, 0) is 16.6 Å². The highest BCUT2D eigenvalue weighted by molar-refractivity contribution is 5.95. The number of rotatable bonds is 5. The first-order chi connectivity index (χ1) is 15.9. The maximum Gasteiger partial charge on any atom is 0.295 e. The average molecular weight is 454 g/mol. The molecule has 2 fully saturated rings. The minimum atomic E-state index is -0.388. The molecule has 0 spiro atoms. The third kappa shape index (κ3) is 4.76. The number of carbonyl (C=O) groups is 2. The first kappa shape index (κ1) is 23.3. The van der Waals surface area contributed by atoms with Gasteiger partial charge < -0.3 is 10.2 Å². The third-order valence-corrected chi connectivity index (χ3v) is 7.31. The Bertz CT molecular complexity index is 1040. The van der Waals surface area contributed by atoms with Gasteiger partial charge >= 0.3 is 0 Å². The van der Waals surface area contributed by atoms with Crippen LogP contribution in [-0.4, -0.2) is 63.2 Å². The van der Waals surface area contributed by atoms with Crippen LogP contribution in [0.4, 0.5) is 5.69 Å². The van der Waals surface area contributed by atoms with Crippen LogP contribution in [0.25, 0.3) is 5.69 Å². The molecule has 1 N–H and O–H groups in total. The van der Waals surface area contributed by atoms with Gasteiger partial charge in [-0.25, -0.2) is 4.68 Å². The monoisotopic (exact) mass is 453 g/mol. The number of nitrogens with one attached hydrogen (secondary N) is 1. The normalized spacial score (nSPS) is 18.8. The smallest absolute Gasteiger partial charge is 0.295 e. The van der Waals surface area contributed by atoms with Crippen molar-refractivity contribution in [3.63, 3.8) is 0 Å². The van der Waals surface area contributed by atoms with Gasteiger partial charge in [0.15, 0.2) is 0 Å². The highest BCUT2D eigenvalue weighted by Crippen LogP contribution is 2.26. The molecule has 4 rings (SSSR count). The van der Waals surface area contributed by atoms with Gasteiger partial charge in [-0.15, -0.1) is 0 Å². The molecule has 2 aromatic rings. The molecule has 8 nitrogen and oxygen atoms in total. The lowest BCUT2D eigenvalue weighted by Gasteiger charge is -2.39. The maximum atomic E-state index is 13.1. The Morgan fingerprint density at radius 2 is 1.64 bits per heavy atom. The van der Waals surface area contributed by atoms with Gasteiger partial charge in [0.2, 0.25) is 11.8 Å². The molecular formula is C25H35N5O3. The quantitative estimate of drug-likeness (QED) is 0.755. The molecule has 2 aliphatic rings. The van der Waals surface area contributed by atoms with Crippen LogP contribution in [0.15, 0.2) is 35.1 Å². The summed E-state index contributed by atoms with van der Waals surface area (Å²) in [5.41, 5.74) is 1.52. The lowest BCUT2D eigenvalue weighted by molar-refractivity contribution is -0.139. The standard InChI is InChI=1S/C25H35N5O3/c1-18-22(25(33)30(27(18)3)21-12-8-5-9-13-21)26-23(31)19(2)28-14-16-29(17-15-28)24(32)20-10-6-4-7-11-20/h5,8-9,12-13,19-20H,4,6-7,10-11,14-17H2,1-3H3,(H,26,31). The Hall–Kier alpha value is -2.87. The lowest BCUT2D eigenvalue weighted by Crippen LogP contribution is -2.55. The van der Waals surface area contributed by atoms with Crippen LogP contribution >= 0.6 is 0 Å². The molecule has 2 heterocycles. The van der Waals surface area contributed by atoms with E-state index in [1.165, 1.54) is 6.42 Å². The molecule has 8 heteroatoms. The van der Waals surface area contributed by atoms with E-state index in [-0.39, 0.29) is 29.3 Å². The van der Waals surface area contributed by atoms with Crippen molar-refractivity contribution < 1.29 is 9.59 Å². The highest BCUT2D eigenvalue weighted by atomic mass is 16.2. The van der Waals surface area contributed by atoms with Crippen LogP contribution in [0.5, 0.6) is 0 Å². The first-order valence-electron chi connectivity index (χ1n) is 12.1. The predicted molar refractivity (Wildman–Crippen MR) is 129 cm³/mol. The second-order valence-electron chi connectivity index (χ2n) is 9.30. The average Bonchev–Trinajstić information content (AvgIpc) is 3.07. The minimum absolute atomic E-state index is 0.180. The van der Waals surface area contributed by atoms with Crippen molar-refractivity contribution in [2.75, 3.05) is 31.5 Å². The minimum Gasteiger partial charge on any atom is -0.340 e. The Morgan fingerprint density at radius 1 is 1.00 bits per heavy atom. The van der Waals surface area contributed by atoms with Crippen molar-refractivity contribution in [3.8, 4) is 5.69 Å². The summed E-state index contributed by atoms with van der Waals surface area (Å²) in [6, 6.07) is 9.00. The van der Waals surface area contributed by atoms with E-state index in [1.54, 1.807) is 9.36 Å². The van der Waals surface area contributed by atoms with Gasteiger partial charge in [-0.2, -0.15) is 0 Å². The van der Waals surface area contributed by atoms with E-state index in [2.05, 4.69) is 10.2 Å². The van der Waals surface area contributed by atoms with E-state index in [4.69, 9.17) is 0 Å². The SMILES string of the molecule is Cc1c(NC(=O)C(C)N2CCN(C(=O)C3CCCCC3)CC2)c(=O)n(-c2ccccc2)n1C. The number of hydrogen-bond acceptors (Lipinski definition) is 4. The molecule has 0 radical (unpaired) electrons. The summed E-state index contributed by atoms with van der Waals surface area (Å²) in [6.07, 6.45) is 5.56. The number of piperazine rings is 1. The number of nitrogens with zero attached hydrogens (tertiary/aromatic N) is 4. The molecule has 178 valence electrons. The number of amides is 2. The van der Waals surface area contributed by atoms with Gasteiger partial charge in [-0.1, -0.05) is 37.5 Å². The van der Waals surface area contributed by atoms with Gasteiger partial charge in [-0.3, -0.25) is 24.0 Å². The van der Waals surface area contributed by atoms with Crippen LogP contribution in [0.3, 0.4) is 0 Å². The molecule has 1 aromatic carbocycles. The van der Waals surface area contributed by atoms with Gasteiger partial charge in [0, 0.05) is 39.1 Å². The van der Waals surface area contributed by atoms with Crippen LogP contribution in [0.1, 0.15) is 44.7 Å². The maximum absolute atomic E-state index is 13.1. The van der Waals surface area contributed by atoms with Crippen molar-refractivity contribution in [3.05, 3.63) is 46.4 Å². The number of aromatic nitrogens is 2. The Balaban J connectivity index is 1.39. The fourth-order valence-electron chi connectivity index (χ4n) is 5.04. The summed E-state index contributed by atoms with van der Waals surface area (Å²) < 4.78 is 3.32. The molecular weight excluding hydrogens is 418 g/mol. The van der Waals surface area contributed by atoms with E-state index < -0.39 is 0 Å². The number of para-hydroxylation sites is 1. The Labute approximate surface area is 195 Å². The summed E-state index contributed by atoms with van der Waals surface area (Å²) in [5.74, 6) is 0.264. The molecule has 1 saturated heterocycles. The van der Waals surface area contributed by atoms with Crippen molar-refractivity contribution >= 4 is 17.5 Å². The largest absolute Gasteiger partial charge is 0.340 e. The van der Waals surface area contributed by atoms with E-state index in [0.717, 1.165) is 31.4 Å². The molecule has 1 aliphatic heterocycles. The molecule has 1 atom stereocenters. The molecule has 1 aromatic heterocycles. The van der Waals surface area contributed by atoms with E-state index in [9.17, 15) is 14.4 Å². The van der Waals surface area contributed by atoms with Crippen LogP contribution < -0.4 is 10.9 Å². The van der Waals surface area contributed by atoms with Crippen LogP contribution in [0, 0.1) is 12.8 Å². The number of hydrogen-bond donors (Lipinski definition) is 1. The zero-order chi connectivity index (χ0) is 23.5. The molecule has 33 heavy (non-hydrogen) atoms. The summed E-state index contributed by atoms with van der Waals surface area (Å²) in [4.78, 5) is 43.0. The van der Waals surface area contributed by atoms with Crippen molar-refractivity contribution in [1.82, 2.24) is 19.2 Å². The van der Waals surface area contributed by atoms with E-state index >= 15 is 0 Å². The van der Waals surface area contributed by atoms with Crippen molar-refractivity contribution in [2.24, 2.45) is 13.0 Å². The summed E-state index contributed by atoms with van der Waals surface area (Å²) in [5, 5.41) is 2.88.